The molecule has 2 aliphatic heterocycles. The molecular weight excluding hydrogens is 327 g/mol. The Hall–Kier alpha value is -2.55. The summed E-state index contributed by atoms with van der Waals surface area (Å²) >= 11 is 0. The first kappa shape index (κ1) is 15.0. The van der Waals surface area contributed by atoms with Crippen LogP contribution in [0.3, 0.4) is 0 Å². The van der Waals surface area contributed by atoms with Crippen LogP contribution in [0.2, 0.25) is 0 Å². The quantitative estimate of drug-likeness (QED) is 0.792. The molecule has 0 bridgehead atoms. The predicted molar refractivity (Wildman–Crippen MR) is 76.2 cm³/mol. The molecule has 1 aromatic carbocycles. The maximum atomic E-state index is 13.6. The summed E-state index contributed by atoms with van der Waals surface area (Å²) in [7, 11) is 0. The van der Waals surface area contributed by atoms with Crippen molar-refractivity contribution < 1.29 is 22.6 Å². The van der Waals surface area contributed by atoms with Crippen LogP contribution in [0.25, 0.3) is 0 Å². The van der Waals surface area contributed by atoms with Gasteiger partial charge in [0.1, 0.15) is 25.0 Å². The number of rotatable bonds is 3. The zero-order valence-corrected chi connectivity index (χ0v) is 12.3. The van der Waals surface area contributed by atoms with E-state index in [1.165, 1.54) is 4.57 Å². The third kappa shape index (κ3) is 2.41. The first-order chi connectivity index (χ1) is 11.5. The van der Waals surface area contributed by atoms with Crippen molar-refractivity contribution in [2.75, 3.05) is 18.2 Å². The molecular formula is C15H12F3N3O3. The summed E-state index contributed by atoms with van der Waals surface area (Å²) in [5.74, 6) is -2.78. The van der Waals surface area contributed by atoms with E-state index in [0.29, 0.717) is 31.8 Å². The molecule has 0 spiro atoms. The number of hydrogen-bond donors (Lipinski definition) is 0. The number of halogens is 3. The van der Waals surface area contributed by atoms with E-state index in [1.54, 1.807) is 6.07 Å². The summed E-state index contributed by atoms with van der Waals surface area (Å²) in [6.07, 6.45) is 0. The van der Waals surface area contributed by atoms with Crippen LogP contribution < -0.4 is 15.3 Å². The molecule has 1 fully saturated rings. The smallest absolute Gasteiger partial charge is 0.352 e. The lowest BCUT2D eigenvalue weighted by molar-refractivity contribution is 0.189. The summed E-state index contributed by atoms with van der Waals surface area (Å²) in [4.78, 5) is 17.8. The minimum atomic E-state index is -1.27. The molecule has 0 saturated carbocycles. The standard InChI is InChI=1S/C15H12F3N3O3/c16-10-2-12(18)11(17)1-8(10)5-24-13-3-14-20(15(22)19-13)4-9-6-23-7-21(9)14/h1-3,9H,4-7H2/t9-/m0/s1. The maximum absolute atomic E-state index is 13.6. The SMILES string of the molecule is O=c1nc(OCc2cc(F)c(F)cc2F)cc2n1C[C@H]1COCN21. The van der Waals surface area contributed by atoms with Gasteiger partial charge in [-0.05, 0) is 6.07 Å². The van der Waals surface area contributed by atoms with E-state index in [9.17, 15) is 18.0 Å². The number of hydrogen-bond acceptors (Lipinski definition) is 5. The van der Waals surface area contributed by atoms with Gasteiger partial charge in [-0.15, -0.1) is 0 Å². The molecule has 0 N–H and O–H groups in total. The summed E-state index contributed by atoms with van der Waals surface area (Å²) < 4.78 is 51.9. The molecule has 0 aliphatic carbocycles. The summed E-state index contributed by atoms with van der Waals surface area (Å²) in [5.41, 5.74) is -0.652. The van der Waals surface area contributed by atoms with Crippen LogP contribution in [-0.4, -0.2) is 28.9 Å². The Morgan fingerprint density at radius 2 is 2.00 bits per heavy atom. The van der Waals surface area contributed by atoms with Crippen LogP contribution >= 0.6 is 0 Å². The number of fused-ring (bicyclic) bond motifs is 3. The predicted octanol–water partition coefficient (Wildman–Crippen LogP) is 1.42. The van der Waals surface area contributed by atoms with Gasteiger partial charge in [0.25, 0.3) is 0 Å². The largest absolute Gasteiger partial charge is 0.472 e. The Morgan fingerprint density at radius 3 is 2.83 bits per heavy atom. The van der Waals surface area contributed by atoms with Gasteiger partial charge in [0.2, 0.25) is 5.88 Å². The molecule has 24 heavy (non-hydrogen) atoms. The Balaban J connectivity index is 1.58. The van der Waals surface area contributed by atoms with E-state index in [1.807, 2.05) is 4.90 Å². The molecule has 2 aliphatic rings. The number of anilines is 1. The molecule has 0 unspecified atom stereocenters. The number of nitrogens with zero attached hydrogens (tertiary/aromatic N) is 3. The normalized spacial score (nSPS) is 18.6. The molecule has 1 saturated heterocycles. The topological polar surface area (TPSA) is 56.6 Å². The van der Waals surface area contributed by atoms with Crippen LogP contribution in [0, 0.1) is 17.5 Å². The molecule has 1 aromatic heterocycles. The fourth-order valence-electron chi connectivity index (χ4n) is 2.88. The van der Waals surface area contributed by atoms with Crippen LogP contribution in [0.5, 0.6) is 5.88 Å². The highest BCUT2D eigenvalue weighted by molar-refractivity contribution is 5.47. The first-order valence-electron chi connectivity index (χ1n) is 7.25. The third-order valence-corrected chi connectivity index (χ3v) is 4.10. The summed E-state index contributed by atoms with van der Waals surface area (Å²) in [6, 6.07) is 2.80. The molecule has 6 nitrogen and oxygen atoms in total. The van der Waals surface area contributed by atoms with Gasteiger partial charge in [-0.1, -0.05) is 0 Å². The van der Waals surface area contributed by atoms with E-state index >= 15 is 0 Å². The second-order valence-corrected chi connectivity index (χ2v) is 5.62. The van der Waals surface area contributed by atoms with Crippen molar-refractivity contribution in [1.82, 2.24) is 9.55 Å². The van der Waals surface area contributed by atoms with Gasteiger partial charge in [0, 0.05) is 17.7 Å². The molecule has 9 heteroatoms. The Morgan fingerprint density at radius 1 is 1.21 bits per heavy atom. The molecule has 4 rings (SSSR count). The Kier molecular flexibility index (Phi) is 3.45. The van der Waals surface area contributed by atoms with Crippen LogP contribution in [0.1, 0.15) is 5.56 Å². The van der Waals surface area contributed by atoms with Crippen LogP contribution in [0.15, 0.2) is 23.0 Å². The van der Waals surface area contributed by atoms with Gasteiger partial charge in [0.05, 0.1) is 19.2 Å². The lowest BCUT2D eigenvalue weighted by Gasteiger charge is -2.15. The molecule has 3 heterocycles. The number of ether oxygens (including phenoxy) is 2. The van der Waals surface area contributed by atoms with E-state index in [-0.39, 0.29) is 24.1 Å². The molecule has 1 atom stereocenters. The van der Waals surface area contributed by atoms with E-state index in [0.717, 1.165) is 6.07 Å². The van der Waals surface area contributed by atoms with Crippen molar-refractivity contribution in [2.24, 2.45) is 0 Å². The Bertz CT molecular complexity index is 871. The first-order valence-corrected chi connectivity index (χ1v) is 7.25. The molecule has 0 amide bonds. The van der Waals surface area contributed by atoms with Crippen molar-refractivity contribution in [2.45, 2.75) is 19.2 Å². The minimum absolute atomic E-state index is 0.0112. The second kappa shape index (κ2) is 5.52. The highest BCUT2D eigenvalue weighted by Crippen LogP contribution is 2.29. The lowest BCUT2D eigenvalue weighted by Crippen LogP contribution is -2.26. The monoisotopic (exact) mass is 339 g/mol. The number of aromatic nitrogens is 2. The highest BCUT2D eigenvalue weighted by atomic mass is 19.2. The number of benzene rings is 1. The molecule has 2 aromatic rings. The van der Waals surface area contributed by atoms with Crippen molar-refractivity contribution >= 4 is 5.82 Å². The third-order valence-electron chi connectivity index (χ3n) is 4.10. The van der Waals surface area contributed by atoms with Crippen molar-refractivity contribution in [1.29, 1.82) is 0 Å². The van der Waals surface area contributed by atoms with Gasteiger partial charge in [-0.2, -0.15) is 4.98 Å². The van der Waals surface area contributed by atoms with Crippen molar-refractivity contribution in [3.63, 3.8) is 0 Å². The van der Waals surface area contributed by atoms with Gasteiger partial charge < -0.3 is 14.4 Å². The minimum Gasteiger partial charge on any atom is -0.472 e. The van der Waals surface area contributed by atoms with E-state index in [2.05, 4.69) is 4.98 Å². The maximum Gasteiger partial charge on any atom is 0.352 e. The average Bonchev–Trinajstić information content (AvgIpc) is 3.12. The van der Waals surface area contributed by atoms with Crippen molar-refractivity contribution in [3.8, 4) is 5.88 Å². The van der Waals surface area contributed by atoms with E-state index < -0.39 is 23.1 Å². The zero-order valence-electron chi connectivity index (χ0n) is 12.3. The highest BCUT2D eigenvalue weighted by Gasteiger charge is 2.35. The fraction of sp³-hybridized carbons (Fsp3) is 0.333. The fourth-order valence-corrected chi connectivity index (χ4v) is 2.88. The average molecular weight is 339 g/mol. The summed E-state index contributed by atoms with van der Waals surface area (Å²) in [5, 5.41) is 0. The molecule has 126 valence electrons. The zero-order chi connectivity index (χ0) is 16.8. The van der Waals surface area contributed by atoms with Gasteiger partial charge >= 0.3 is 5.69 Å². The van der Waals surface area contributed by atoms with E-state index in [4.69, 9.17) is 9.47 Å². The Labute approximate surface area is 134 Å². The lowest BCUT2D eigenvalue weighted by atomic mass is 10.2. The van der Waals surface area contributed by atoms with Crippen LogP contribution in [0.4, 0.5) is 19.0 Å². The van der Waals surface area contributed by atoms with Gasteiger partial charge in [-0.3, -0.25) is 4.57 Å². The molecule has 0 radical (unpaired) electrons. The van der Waals surface area contributed by atoms with Crippen molar-refractivity contribution in [3.05, 3.63) is 51.7 Å². The summed E-state index contributed by atoms with van der Waals surface area (Å²) in [6.45, 7) is 1.00. The van der Waals surface area contributed by atoms with Gasteiger partial charge in [0.15, 0.2) is 11.6 Å². The van der Waals surface area contributed by atoms with Crippen LogP contribution in [-0.2, 0) is 17.9 Å². The van der Waals surface area contributed by atoms with Gasteiger partial charge in [-0.25, -0.2) is 18.0 Å². The second-order valence-electron chi connectivity index (χ2n) is 5.62.